The summed E-state index contributed by atoms with van der Waals surface area (Å²) in [6, 6.07) is 12.5. The topological polar surface area (TPSA) is 51.7 Å². The fraction of sp³-hybridized carbons (Fsp3) is 0.333. The fourth-order valence-corrected chi connectivity index (χ4v) is 5.19. The molecule has 1 aliphatic carbocycles. The van der Waals surface area contributed by atoms with Gasteiger partial charge in [-0.05, 0) is 48.7 Å². The lowest BCUT2D eigenvalue weighted by atomic mass is 9.85. The Kier molecular flexibility index (Phi) is 7.74. The van der Waals surface area contributed by atoms with Crippen molar-refractivity contribution in [3.8, 4) is 17.0 Å². The van der Waals surface area contributed by atoms with Crippen LogP contribution in [0, 0.1) is 11.7 Å². The Morgan fingerprint density at radius 1 is 1.16 bits per heavy atom. The Morgan fingerprint density at radius 3 is 2.53 bits per heavy atom. The molecular formula is C24H26ClFN2O3S. The summed E-state index contributed by atoms with van der Waals surface area (Å²) in [5.74, 6) is -0.172. The maximum absolute atomic E-state index is 13.6. The zero-order valence-corrected chi connectivity index (χ0v) is 19.8. The van der Waals surface area contributed by atoms with Gasteiger partial charge >= 0.3 is 5.97 Å². The number of carbonyl (C=O) groups is 1. The molecule has 1 aliphatic rings. The standard InChI is InChI=1S/C24H25FN2O3S.ClH/c1-27(21-12-16(6-11-22(21)29-2)19-13-31-14-26-19)20-10-9-18(24(28)30-3)23(20)15-4-7-17(25)8-5-15;/h4-8,11-14,18,20,23H,9-10H2,1-3H3;1H. The zero-order chi connectivity index (χ0) is 22.0. The van der Waals surface area contributed by atoms with Crippen molar-refractivity contribution in [1.82, 2.24) is 4.98 Å². The number of nitrogens with zero attached hydrogens (tertiary/aromatic N) is 2. The average Bonchev–Trinajstić information content (AvgIpc) is 3.48. The van der Waals surface area contributed by atoms with Gasteiger partial charge in [0.15, 0.2) is 0 Å². The van der Waals surface area contributed by atoms with Crippen LogP contribution >= 0.6 is 23.7 Å². The molecule has 2 aromatic carbocycles. The third-order valence-corrected chi connectivity index (χ3v) is 6.75. The van der Waals surface area contributed by atoms with Gasteiger partial charge in [-0.1, -0.05) is 12.1 Å². The van der Waals surface area contributed by atoms with Gasteiger partial charge in [0.25, 0.3) is 0 Å². The van der Waals surface area contributed by atoms with E-state index in [0.29, 0.717) is 6.42 Å². The van der Waals surface area contributed by atoms with E-state index in [4.69, 9.17) is 9.47 Å². The molecule has 170 valence electrons. The summed E-state index contributed by atoms with van der Waals surface area (Å²) in [5, 5.41) is 2.01. The first-order valence-electron chi connectivity index (χ1n) is 10.2. The largest absolute Gasteiger partial charge is 0.495 e. The van der Waals surface area contributed by atoms with Crippen molar-refractivity contribution in [3.63, 3.8) is 0 Å². The Hall–Kier alpha value is -2.64. The summed E-state index contributed by atoms with van der Waals surface area (Å²) in [6.07, 6.45) is 1.51. The summed E-state index contributed by atoms with van der Waals surface area (Å²) in [7, 11) is 5.09. The van der Waals surface area contributed by atoms with E-state index < -0.39 is 0 Å². The van der Waals surface area contributed by atoms with Gasteiger partial charge in [0.1, 0.15) is 11.6 Å². The Bertz CT molecular complexity index is 1050. The highest BCUT2D eigenvalue weighted by Crippen LogP contribution is 2.46. The molecule has 1 saturated carbocycles. The number of hydrogen-bond donors (Lipinski definition) is 0. The molecule has 0 radical (unpaired) electrons. The second kappa shape index (κ2) is 10.3. The quantitative estimate of drug-likeness (QED) is 0.436. The molecular weight excluding hydrogens is 451 g/mol. The lowest BCUT2D eigenvalue weighted by Gasteiger charge is -2.34. The lowest BCUT2D eigenvalue weighted by molar-refractivity contribution is -0.145. The second-order valence-corrected chi connectivity index (χ2v) is 8.44. The number of likely N-dealkylation sites (N-methyl/N-ethyl adjacent to an activating group) is 1. The third-order valence-electron chi connectivity index (χ3n) is 6.16. The van der Waals surface area contributed by atoms with Crippen molar-refractivity contribution >= 4 is 35.4 Å². The summed E-state index contributed by atoms with van der Waals surface area (Å²) in [5.41, 5.74) is 5.59. The van der Waals surface area contributed by atoms with Gasteiger partial charge in [-0.25, -0.2) is 9.37 Å². The van der Waals surface area contributed by atoms with E-state index in [1.165, 1.54) is 19.2 Å². The van der Waals surface area contributed by atoms with Gasteiger partial charge in [0.2, 0.25) is 0 Å². The van der Waals surface area contributed by atoms with Gasteiger partial charge in [-0.3, -0.25) is 4.79 Å². The first kappa shape index (κ1) is 24.0. The molecule has 0 amide bonds. The molecule has 3 atom stereocenters. The van der Waals surface area contributed by atoms with E-state index in [1.54, 1.807) is 30.6 Å². The van der Waals surface area contributed by atoms with Crippen molar-refractivity contribution < 1.29 is 18.7 Å². The monoisotopic (exact) mass is 476 g/mol. The Balaban J connectivity index is 0.00000289. The number of esters is 1. The molecule has 8 heteroatoms. The lowest BCUT2D eigenvalue weighted by Crippen LogP contribution is -2.36. The van der Waals surface area contributed by atoms with Crippen molar-refractivity contribution in [3.05, 3.63) is 64.7 Å². The number of aromatic nitrogens is 1. The summed E-state index contributed by atoms with van der Waals surface area (Å²) < 4.78 is 24.3. The second-order valence-electron chi connectivity index (χ2n) is 7.72. The maximum atomic E-state index is 13.6. The SMILES string of the molecule is COC(=O)C1CCC(N(C)c2cc(-c3cscn3)ccc2OC)C1c1ccc(F)cc1.Cl. The molecule has 5 nitrogen and oxygen atoms in total. The molecule has 0 bridgehead atoms. The molecule has 3 aromatic rings. The van der Waals surface area contributed by atoms with Crippen LogP contribution in [0.3, 0.4) is 0 Å². The highest BCUT2D eigenvalue weighted by atomic mass is 35.5. The number of thiazole rings is 1. The minimum absolute atomic E-state index is 0. The number of halogens is 2. The highest BCUT2D eigenvalue weighted by Gasteiger charge is 2.44. The minimum atomic E-state index is -0.293. The average molecular weight is 477 g/mol. The normalized spacial score (nSPS) is 19.8. The number of rotatable bonds is 6. The van der Waals surface area contributed by atoms with Gasteiger partial charge in [0, 0.05) is 30.0 Å². The molecule has 0 spiro atoms. The number of carbonyl (C=O) groups excluding carboxylic acids is 1. The molecule has 32 heavy (non-hydrogen) atoms. The number of benzene rings is 2. The van der Waals surface area contributed by atoms with Crippen LogP contribution in [0.1, 0.15) is 24.3 Å². The van der Waals surface area contributed by atoms with Crippen LogP contribution < -0.4 is 9.64 Å². The van der Waals surface area contributed by atoms with Gasteiger partial charge in [-0.2, -0.15) is 0 Å². The third kappa shape index (κ3) is 4.59. The maximum Gasteiger partial charge on any atom is 0.309 e. The minimum Gasteiger partial charge on any atom is -0.495 e. The van der Waals surface area contributed by atoms with Crippen molar-refractivity contribution in [1.29, 1.82) is 0 Å². The molecule has 1 fully saturated rings. The fourth-order valence-electron chi connectivity index (χ4n) is 4.63. The Morgan fingerprint density at radius 2 is 1.91 bits per heavy atom. The summed E-state index contributed by atoms with van der Waals surface area (Å²) in [4.78, 5) is 19.1. The summed E-state index contributed by atoms with van der Waals surface area (Å²) >= 11 is 1.55. The first-order chi connectivity index (χ1) is 15.0. The van der Waals surface area contributed by atoms with Crippen LogP contribution in [-0.4, -0.2) is 38.3 Å². The van der Waals surface area contributed by atoms with Crippen molar-refractivity contribution in [2.75, 3.05) is 26.2 Å². The van der Waals surface area contributed by atoms with Crippen LogP contribution in [-0.2, 0) is 9.53 Å². The van der Waals surface area contributed by atoms with Crippen LogP contribution in [0.25, 0.3) is 11.3 Å². The number of hydrogen-bond acceptors (Lipinski definition) is 6. The van der Waals surface area contributed by atoms with E-state index in [2.05, 4.69) is 16.0 Å². The van der Waals surface area contributed by atoms with Crippen LogP contribution in [0.5, 0.6) is 5.75 Å². The molecule has 4 rings (SSSR count). The van der Waals surface area contributed by atoms with Gasteiger partial charge in [-0.15, -0.1) is 23.7 Å². The first-order valence-corrected chi connectivity index (χ1v) is 11.1. The van der Waals surface area contributed by atoms with E-state index in [1.807, 2.05) is 30.1 Å². The predicted molar refractivity (Wildman–Crippen MR) is 127 cm³/mol. The van der Waals surface area contributed by atoms with Crippen molar-refractivity contribution in [2.24, 2.45) is 5.92 Å². The van der Waals surface area contributed by atoms with E-state index in [0.717, 1.165) is 34.7 Å². The van der Waals surface area contributed by atoms with E-state index in [9.17, 15) is 9.18 Å². The van der Waals surface area contributed by atoms with Gasteiger partial charge < -0.3 is 14.4 Å². The molecule has 1 heterocycles. The number of methoxy groups -OCH3 is 2. The molecule has 0 N–H and O–H groups in total. The van der Waals surface area contributed by atoms with Crippen molar-refractivity contribution in [2.45, 2.75) is 24.8 Å². The van der Waals surface area contributed by atoms with Gasteiger partial charge in [0.05, 0.1) is 37.0 Å². The molecule has 1 aromatic heterocycles. The zero-order valence-electron chi connectivity index (χ0n) is 18.2. The number of anilines is 1. The van der Waals surface area contributed by atoms with E-state index >= 15 is 0 Å². The van der Waals surface area contributed by atoms with E-state index in [-0.39, 0.29) is 42.1 Å². The van der Waals surface area contributed by atoms with Crippen LogP contribution in [0.4, 0.5) is 10.1 Å². The van der Waals surface area contributed by atoms with Crippen LogP contribution in [0.15, 0.2) is 53.4 Å². The Labute approximate surface area is 197 Å². The molecule has 0 saturated heterocycles. The smallest absolute Gasteiger partial charge is 0.309 e. The molecule has 3 unspecified atom stereocenters. The summed E-state index contributed by atoms with van der Waals surface area (Å²) in [6.45, 7) is 0. The highest BCUT2D eigenvalue weighted by molar-refractivity contribution is 7.07. The predicted octanol–water partition coefficient (Wildman–Crippen LogP) is 5.55. The molecule has 0 aliphatic heterocycles. The number of ether oxygens (including phenoxy) is 2. The van der Waals surface area contributed by atoms with Crippen LogP contribution in [0.2, 0.25) is 0 Å².